The van der Waals surface area contributed by atoms with Crippen molar-refractivity contribution < 1.29 is 8.83 Å². The van der Waals surface area contributed by atoms with Crippen molar-refractivity contribution in [2.45, 2.75) is 0 Å². The number of rotatable bonds is 5. The Morgan fingerprint density at radius 2 is 0.860 bits per heavy atom. The Balaban J connectivity index is 1.13. The Labute approximate surface area is 287 Å². The van der Waals surface area contributed by atoms with E-state index in [9.17, 15) is 0 Å². The molecule has 4 heteroatoms. The zero-order valence-corrected chi connectivity index (χ0v) is 26.9. The second kappa shape index (κ2) is 11.4. The highest BCUT2D eigenvalue weighted by Gasteiger charge is 2.19. The Hall–Kier alpha value is -6.78. The van der Waals surface area contributed by atoms with Gasteiger partial charge in [0.15, 0.2) is 11.4 Å². The lowest BCUT2D eigenvalue weighted by molar-refractivity contribution is 0.667. The number of hydrogen-bond acceptors (Lipinski definition) is 4. The summed E-state index contributed by atoms with van der Waals surface area (Å²) in [5, 5.41) is 3.17. The van der Waals surface area contributed by atoms with Gasteiger partial charge in [0.1, 0.15) is 28.0 Å². The van der Waals surface area contributed by atoms with E-state index in [1.165, 1.54) is 11.1 Å². The zero-order valence-electron chi connectivity index (χ0n) is 26.9. The molecule has 234 valence electrons. The summed E-state index contributed by atoms with van der Waals surface area (Å²) in [5.74, 6) is 0.633. The quantitative estimate of drug-likeness (QED) is 0.188. The fraction of sp³-hybridized carbons (Fsp3) is 0. The van der Waals surface area contributed by atoms with E-state index in [1.54, 1.807) is 0 Å². The first-order chi connectivity index (χ1) is 24.8. The van der Waals surface area contributed by atoms with Crippen molar-refractivity contribution in [2.24, 2.45) is 0 Å². The zero-order chi connectivity index (χ0) is 33.0. The molecule has 10 aromatic rings. The molecule has 0 saturated heterocycles. The van der Waals surface area contributed by atoms with Gasteiger partial charge in [0, 0.05) is 32.8 Å². The SMILES string of the molecule is c1ccc(-c2cccc(-c3cccc(-c4nc(-c5cccc(-c6cccc7c6oc6ccccc67)c5)nc5c4oc4ccccc45)c3)c2)cc1. The number of fused-ring (bicyclic) bond motifs is 6. The molecule has 0 saturated carbocycles. The van der Waals surface area contributed by atoms with Crippen LogP contribution in [0.3, 0.4) is 0 Å². The van der Waals surface area contributed by atoms with E-state index in [2.05, 4.69) is 127 Å². The predicted octanol–water partition coefficient (Wildman–Crippen LogP) is 12.6. The molecule has 0 fully saturated rings. The second-order valence-electron chi connectivity index (χ2n) is 12.6. The first-order valence-corrected chi connectivity index (χ1v) is 16.7. The number of nitrogens with zero attached hydrogens (tertiary/aromatic N) is 2. The van der Waals surface area contributed by atoms with Crippen LogP contribution in [0.1, 0.15) is 0 Å². The molecule has 0 aliphatic carbocycles. The van der Waals surface area contributed by atoms with Crippen molar-refractivity contribution in [3.63, 3.8) is 0 Å². The second-order valence-corrected chi connectivity index (χ2v) is 12.6. The Bertz CT molecular complexity index is 2880. The van der Waals surface area contributed by atoms with Crippen molar-refractivity contribution in [3.8, 4) is 56.0 Å². The molecule has 0 radical (unpaired) electrons. The van der Waals surface area contributed by atoms with Crippen LogP contribution in [-0.4, -0.2) is 9.97 Å². The van der Waals surface area contributed by atoms with Crippen molar-refractivity contribution in [2.75, 3.05) is 0 Å². The maximum Gasteiger partial charge on any atom is 0.180 e. The number of hydrogen-bond donors (Lipinski definition) is 0. The van der Waals surface area contributed by atoms with Crippen LogP contribution in [-0.2, 0) is 0 Å². The summed E-state index contributed by atoms with van der Waals surface area (Å²) in [6, 6.07) is 58.6. The van der Waals surface area contributed by atoms with Gasteiger partial charge in [-0.2, -0.15) is 0 Å². The molecule has 50 heavy (non-hydrogen) atoms. The highest BCUT2D eigenvalue weighted by atomic mass is 16.3. The van der Waals surface area contributed by atoms with Gasteiger partial charge in [-0.1, -0.05) is 133 Å². The average molecular weight is 641 g/mol. The third-order valence-corrected chi connectivity index (χ3v) is 9.49. The van der Waals surface area contributed by atoms with Crippen molar-refractivity contribution in [1.82, 2.24) is 9.97 Å². The van der Waals surface area contributed by atoms with Crippen molar-refractivity contribution >= 4 is 44.0 Å². The van der Waals surface area contributed by atoms with Crippen molar-refractivity contribution in [3.05, 3.63) is 170 Å². The molecule has 0 unspecified atom stereocenters. The molecule has 7 aromatic carbocycles. The molecular weight excluding hydrogens is 613 g/mol. The maximum atomic E-state index is 6.48. The predicted molar refractivity (Wildman–Crippen MR) is 204 cm³/mol. The Morgan fingerprint density at radius 1 is 0.340 bits per heavy atom. The molecule has 4 nitrogen and oxygen atoms in total. The smallest absolute Gasteiger partial charge is 0.180 e. The Kier molecular flexibility index (Phi) is 6.46. The van der Waals surface area contributed by atoms with Crippen LogP contribution < -0.4 is 0 Å². The third kappa shape index (κ3) is 4.69. The normalized spacial score (nSPS) is 11.6. The lowest BCUT2D eigenvalue weighted by atomic mass is 9.97. The van der Waals surface area contributed by atoms with Crippen LogP contribution in [0, 0.1) is 0 Å². The molecule has 0 aliphatic rings. The van der Waals surface area contributed by atoms with E-state index in [-0.39, 0.29) is 0 Å². The summed E-state index contributed by atoms with van der Waals surface area (Å²) >= 11 is 0. The molecular formula is C46H28N2O2. The number of aromatic nitrogens is 2. The first kappa shape index (κ1) is 28.3. The average Bonchev–Trinajstić information content (AvgIpc) is 3.77. The molecule has 3 aromatic heterocycles. The summed E-state index contributed by atoms with van der Waals surface area (Å²) in [5.41, 5.74) is 13.3. The van der Waals surface area contributed by atoms with E-state index in [4.69, 9.17) is 18.8 Å². The lowest BCUT2D eigenvalue weighted by Crippen LogP contribution is -1.94. The van der Waals surface area contributed by atoms with Gasteiger partial charge in [0.25, 0.3) is 0 Å². The molecule has 0 atom stereocenters. The largest absolute Gasteiger partial charge is 0.455 e. The third-order valence-electron chi connectivity index (χ3n) is 9.49. The molecule has 0 N–H and O–H groups in total. The van der Waals surface area contributed by atoms with E-state index in [0.717, 1.165) is 77.5 Å². The van der Waals surface area contributed by atoms with Gasteiger partial charge in [-0.3, -0.25) is 0 Å². The van der Waals surface area contributed by atoms with Gasteiger partial charge in [-0.05, 0) is 64.2 Å². The van der Waals surface area contributed by atoms with E-state index < -0.39 is 0 Å². The Morgan fingerprint density at radius 3 is 1.66 bits per heavy atom. The maximum absolute atomic E-state index is 6.48. The molecule has 0 amide bonds. The van der Waals surface area contributed by atoms with Crippen LogP contribution in [0.25, 0.3) is 100 Å². The number of furan rings is 2. The minimum Gasteiger partial charge on any atom is -0.455 e. The molecule has 10 rings (SSSR count). The fourth-order valence-electron chi connectivity index (χ4n) is 7.07. The van der Waals surface area contributed by atoms with Gasteiger partial charge < -0.3 is 8.83 Å². The number of benzene rings is 7. The van der Waals surface area contributed by atoms with Gasteiger partial charge in [0.2, 0.25) is 0 Å². The van der Waals surface area contributed by atoms with Crippen LogP contribution >= 0.6 is 0 Å². The summed E-state index contributed by atoms with van der Waals surface area (Å²) in [7, 11) is 0. The van der Waals surface area contributed by atoms with E-state index in [1.807, 2.05) is 42.5 Å². The van der Waals surface area contributed by atoms with Gasteiger partial charge in [-0.25, -0.2) is 9.97 Å². The van der Waals surface area contributed by atoms with Gasteiger partial charge in [0.05, 0.1) is 0 Å². The molecule has 3 heterocycles. The minimum atomic E-state index is 0.633. The van der Waals surface area contributed by atoms with Crippen LogP contribution in [0.5, 0.6) is 0 Å². The molecule has 0 aliphatic heterocycles. The fourth-order valence-corrected chi connectivity index (χ4v) is 7.07. The van der Waals surface area contributed by atoms with Crippen LogP contribution in [0.2, 0.25) is 0 Å². The minimum absolute atomic E-state index is 0.633. The topological polar surface area (TPSA) is 52.1 Å². The molecule has 0 bridgehead atoms. The first-order valence-electron chi connectivity index (χ1n) is 16.7. The lowest BCUT2D eigenvalue weighted by Gasteiger charge is -2.10. The van der Waals surface area contributed by atoms with Gasteiger partial charge in [-0.15, -0.1) is 0 Å². The standard InChI is InChI=1S/C46H28N2O2/c1-2-12-29(13-3-1)30-14-8-15-31(26-30)32-16-9-18-34(27-32)42-45-43(39-21-5-7-25-41(39)50-45)48-46(47-42)35-19-10-17-33(28-35)36-22-11-23-38-37-20-4-6-24-40(37)49-44(36)38/h1-28H. The van der Waals surface area contributed by atoms with E-state index >= 15 is 0 Å². The summed E-state index contributed by atoms with van der Waals surface area (Å²) in [6.45, 7) is 0. The van der Waals surface area contributed by atoms with Gasteiger partial charge >= 0.3 is 0 Å². The number of para-hydroxylation sites is 3. The van der Waals surface area contributed by atoms with E-state index in [0.29, 0.717) is 11.4 Å². The summed E-state index contributed by atoms with van der Waals surface area (Å²) < 4.78 is 12.9. The summed E-state index contributed by atoms with van der Waals surface area (Å²) in [4.78, 5) is 10.4. The highest BCUT2D eigenvalue weighted by Crippen LogP contribution is 2.39. The summed E-state index contributed by atoms with van der Waals surface area (Å²) in [6.07, 6.45) is 0. The monoisotopic (exact) mass is 640 g/mol. The van der Waals surface area contributed by atoms with Crippen LogP contribution in [0.15, 0.2) is 179 Å². The van der Waals surface area contributed by atoms with Crippen LogP contribution in [0.4, 0.5) is 0 Å². The molecule has 0 spiro atoms. The van der Waals surface area contributed by atoms with Crippen molar-refractivity contribution in [1.29, 1.82) is 0 Å². The highest BCUT2D eigenvalue weighted by molar-refractivity contribution is 6.10.